The molecule has 2 aromatic carbocycles. The van der Waals surface area contributed by atoms with Crippen molar-refractivity contribution in [3.05, 3.63) is 70.1 Å². The Hall–Kier alpha value is -3.81. The third-order valence-corrected chi connectivity index (χ3v) is 4.05. The van der Waals surface area contributed by atoms with Crippen molar-refractivity contribution in [1.82, 2.24) is 5.32 Å². The molecule has 28 heavy (non-hydrogen) atoms. The van der Waals surface area contributed by atoms with Gasteiger partial charge in [-0.2, -0.15) is 0 Å². The summed E-state index contributed by atoms with van der Waals surface area (Å²) in [6.07, 6.45) is 0. The van der Waals surface area contributed by atoms with Gasteiger partial charge in [0.15, 0.2) is 5.56 Å². The van der Waals surface area contributed by atoms with E-state index in [4.69, 9.17) is 14.3 Å². The molecule has 3 rings (SSSR count). The summed E-state index contributed by atoms with van der Waals surface area (Å²) in [5.74, 6) is -2.49. The molecule has 1 atom stereocenters. The summed E-state index contributed by atoms with van der Waals surface area (Å²) in [4.78, 5) is 35.2. The average Bonchev–Trinajstić information content (AvgIpc) is 2.66. The molecule has 1 heterocycles. The van der Waals surface area contributed by atoms with Gasteiger partial charge in [-0.05, 0) is 24.6 Å². The van der Waals surface area contributed by atoms with Crippen molar-refractivity contribution < 1.29 is 29.0 Å². The molecule has 1 aromatic heterocycles. The standard InChI is InChI=1S/C20H17NO7/c1-11(19(24)25)21-18(23)16-17(22)14-8-7-13(9-15(14)28-20(16)26)27-10-12-5-3-2-4-6-12/h2-9,11,22H,10H2,1H3,(H,21,23)(H,24,25)/t11-/m0/s1. The van der Waals surface area contributed by atoms with E-state index in [1.807, 2.05) is 30.3 Å². The van der Waals surface area contributed by atoms with E-state index in [9.17, 15) is 19.5 Å². The second kappa shape index (κ2) is 7.83. The molecule has 1 amide bonds. The molecule has 3 N–H and O–H groups in total. The fourth-order valence-corrected chi connectivity index (χ4v) is 2.53. The van der Waals surface area contributed by atoms with Crippen LogP contribution in [0.15, 0.2) is 57.7 Å². The normalized spacial score (nSPS) is 11.8. The highest BCUT2D eigenvalue weighted by atomic mass is 16.5. The van der Waals surface area contributed by atoms with E-state index in [0.29, 0.717) is 12.4 Å². The van der Waals surface area contributed by atoms with Gasteiger partial charge in [0.2, 0.25) is 0 Å². The maximum absolute atomic E-state index is 12.2. The van der Waals surface area contributed by atoms with E-state index in [0.717, 1.165) is 5.56 Å². The fourth-order valence-electron chi connectivity index (χ4n) is 2.53. The second-order valence-electron chi connectivity index (χ2n) is 6.08. The molecule has 0 radical (unpaired) electrons. The third-order valence-electron chi connectivity index (χ3n) is 4.05. The number of aromatic hydroxyl groups is 1. The predicted octanol–water partition coefficient (Wildman–Crippen LogP) is 2.28. The number of carboxylic acids is 1. The number of nitrogens with one attached hydrogen (secondary N) is 1. The Morgan fingerprint density at radius 3 is 2.57 bits per heavy atom. The minimum absolute atomic E-state index is 0.0379. The van der Waals surface area contributed by atoms with E-state index >= 15 is 0 Å². The van der Waals surface area contributed by atoms with Crippen molar-refractivity contribution in [2.45, 2.75) is 19.6 Å². The number of hydrogen-bond donors (Lipinski definition) is 3. The predicted molar refractivity (Wildman–Crippen MR) is 99.5 cm³/mol. The first kappa shape index (κ1) is 19.0. The molecule has 0 saturated carbocycles. The Bertz CT molecular complexity index is 1090. The first-order valence-corrected chi connectivity index (χ1v) is 8.37. The van der Waals surface area contributed by atoms with Gasteiger partial charge in [-0.3, -0.25) is 9.59 Å². The number of ether oxygens (including phenoxy) is 1. The van der Waals surface area contributed by atoms with Crippen LogP contribution in [0.3, 0.4) is 0 Å². The molecule has 0 aliphatic heterocycles. The highest BCUT2D eigenvalue weighted by Gasteiger charge is 2.24. The van der Waals surface area contributed by atoms with Crippen LogP contribution in [0.25, 0.3) is 11.0 Å². The minimum atomic E-state index is -1.28. The van der Waals surface area contributed by atoms with Crippen LogP contribution in [0.5, 0.6) is 11.5 Å². The molecule has 144 valence electrons. The quantitative estimate of drug-likeness (QED) is 0.558. The van der Waals surface area contributed by atoms with E-state index in [2.05, 4.69) is 5.32 Å². The lowest BCUT2D eigenvalue weighted by molar-refractivity contribution is -0.138. The van der Waals surface area contributed by atoms with Crippen LogP contribution in [0, 0.1) is 0 Å². The van der Waals surface area contributed by atoms with Crippen LogP contribution in [0.2, 0.25) is 0 Å². The zero-order chi connectivity index (χ0) is 20.3. The van der Waals surface area contributed by atoms with E-state index < -0.39 is 34.9 Å². The number of rotatable bonds is 6. The van der Waals surface area contributed by atoms with E-state index in [1.54, 1.807) is 6.07 Å². The molecule has 0 spiro atoms. The lowest BCUT2D eigenvalue weighted by Gasteiger charge is -2.11. The summed E-state index contributed by atoms with van der Waals surface area (Å²) in [5.41, 5.74) is -0.749. The number of amides is 1. The zero-order valence-electron chi connectivity index (χ0n) is 14.8. The molecule has 8 heteroatoms. The molecular weight excluding hydrogens is 366 g/mol. The van der Waals surface area contributed by atoms with Gasteiger partial charge < -0.3 is 24.7 Å². The second-order valence-corrected chi connectivity index (χ2v) is 6.08. The first-order chi connectivity index (χ1) is 13.4. The van der Waals surface area contributed by atoms with Gasteiger partial charge in [-0.25, -0.2) is 4.79 Å². The number of aliphatic carboxylic acids is 1. The minimum Gasteiger partial charge on any atom is -0.506 e. The highest BCUT2D eigenvalue weighted by molar-refractivity contribution is 6.02. The van der Waals surface area contributed by atoms with Crippen molar-refractivity contribution >= 4 is 22.8 Å². The van der Waals surface area contributed by atoms with Crippen molar-refractivity contribution in [1.29, 1.82) is 0 Å². The van der Waals surface area contributed by atoms with Gasteiger partial charge in [-0.15, -0.1) is 0 Å². The summed E-state index contributed by atoms with van der Waals surface area (Å²) in [6, 6.07) is 12.7. The summed E-state index contributed by atoms with van der Waals surface area (Å²) < 4.78 is 10.8. The highest BCUT2D eigenvalue weighted by Crippen LogP contribution is 2.29. The van der Waals surface area contributed by atoms with Crippen LogP contribution in [-0.2, 0) is 11.4 Å². The van der Waals surface area contributed by atoms with Gasteiger partial charge in [-0.1, -0.05) is 30.3 Å². The van der Waals surface area contributed by atoms with Crippen LogP contribution in [-0.4, -0.2) is 28.1 Å². The Kier molecular flexibility index (Phi) is 5.30. The van der Waals surface area contributed by atoms with Gasteiger partial charge in [0.05, 0.1) is 5.39 Å². The summed E-state index contributed by atoms with van der Waals surface area (Å²) >= 11 is 0. The maximum Gasteiger partial charge on any atom is 0.353 e. The number of carboxylic acid groups (broad SMARTS) is 1. The maximum atomic E-state index is 12.2. The van der Waals surface area contributed by atoms with Gasteiger partial charge in [0.1, 0.15) is 29.7 Å². The lowest BCUT2D eigenvalue weighted by Crippen LogP contribution is -2.40. The third kappa shape index (κ3) is 3.96. The largest absolute Gasteiger partial charge is 0.506 e. The lowest BCUT2D eigenvalue weighted by atomic mass is 10.1. The Morgan fingerprint density at radius 1 is 1.18 bits per heavy atom. The summed E-state index contributed by atoms with van der Waals surface area (Å²) in [7, 11) is 0. The molecule has 3 aromatic rings. The number of carbonyl (C=O) groups is 2. The van der Waals surface area contributed by atoms with Crippen LogP contribution < -0.4 is 15.7 Å². The molecular formula is C20H17NO7. The summed E-state index contributed by atoms with van der Waals surface area (Å²) in [6.45, 7) is 1.53. The van der Waals surface area contributed by atoms with Crippen molar-refractivity contribution in [3.8, 4) is 11.5 Å². The zero-order valence-corrected chi connectivity index (χ0v) is 14.8. The van der Waals surface area contributed by atoms with E-state index in [1.165, 1.54) is 19.1 Å². The molecule has 0 aliphatic rings. The Morgan fingerprint density at radius 2 is 1.89 bits per heavy atom. The van der Waals surface area contributed by atoms with Crippen molar-refractivity contribution in [2.24, 2.45) is 0 Å². The SMILES string of the molecule is C[C@H](NC(=O)c1c(O)c2ccc(OCc3ccccc3)cc2oc1=O)C(=O)O. The first-order valence-electron chi connectivity index (χ1n) is 8.37. The fraction of sp³-hybridized carbons (Fsp3) is 0.150. The van der Waals surface area contributed by atoms with Gasteiger partial charge >= 0.3 is 11.6 Å². The van der Waals surface area contributed by atoms with Crippen LogP contribution >= 0.6 is 0 Å². The average molecular weight is 383 g/mol. The van der Waals surface area contributed by atoms with Gasteiger partial charge in [0.25, 0.3) is 5.91 Å². The Balaban J connectivity index is 1.89. The number of hydrogen-bond acceptors (Lipinski definition) is 6. The Labute approximate surface area is 159 Å². The van der Waals surface area contributed by atoms with Crippen LogP contribution in [0.1, 0.15) is 22.8 Å². The monoisotopic (exact) mass is 383 g/mol. The van der Waals surface area contributed by atoms with Crippen molar-refractivity contribution in [2.75, 3.05) is 0 Å². The number of carbonyl (C=O) groups excluding carboxylic acids is 1. The molecule has 8 nitrogen and oxygen atoms in total. The number of fused-ring (bicyclic) bond motifs is 1. The number of benzene rings is 2. The van der Waals surface area contributed by atoms with E-state index in [-0.39, 0.29) is 11.0 Å². The topological polar surface area (TPSA) is 126 Å². The smallest absolute Gasteiger partial charge is 0.353 e. The molecule has 0 bridgehead atoms. The van der Waals surface area contributed by atoms with Crippen LogP contribution in [0.4, 0.5) is 0 Å². The molecule has 0 unspecified atom stereocenters. The van der Waals surface area contributed by atoms with Gasteiger partial charge in [0, 0.05) is 6.07 Å². The molecule has 0 fully saturated rings. The summed E-state index contributed by atoms with van der Waals surface area (Å²) in [5, 5.41) is 21.4. The molecule has 0 saturated heterocycles. The van der Waals surface area contributed by atoms with Crippen molar-refractivity contribution in [3.63, 3.8) is 0 Å². The molecule has 0 aliphatic carbocycles.